The number of ether oxygens (including phenoxy) is 1. The van der Waals surface area contributed by atoms with Gasteiger partial charge in [-0.2, -0.15) is 0 Å². The van der Waals surface area contributed by atoms with Crippen LogP contribution in [-0.4, -0.2) is 29.7 Å². The first-order valence-corrected chi connectivity index (χ1v) is 6.66. The number of β-lactam (4-membered cyclic amide) rings is 1. The van der Waals surface area contributed by atoms with Gasteiger partial charge in [0.05, 0.1) is 6.04 Å². The maximum absolute atomic E-state index is 11.7. The van der Waals surface area contributed by atoms with E-state index in [9.17, 15) is 14.4 Å². The average Bonchev–Trinajstić information content (AvgIpc) is 2.51. The highest BCUT2D eigenvalue weighted by Gasteiger charge is 2.39. The Morgan fingerprint density at radius 3 is 2.68 bits per heavy atom. The first kappa shape index (κ1) is 15.5. The van der Waals surface area contributed by atoms with Crippen LogP contribution < -0.4 is 5.32 Å². The van der Waals surface area contributed by atoms with E-state index in [1.807, 2.05) is 30.3 Å². The normalized spacial score (nSPS) is 19.4. The molecule has 0 spiro atoms. The molecule has 0 radical (unpaired) electrons. The second-order valence-corrected chi connectivity index (χ2v) is 4.83. The Labute approximate surface area is 126 Å². The molecule has 2 atom stereocenters. The number of carbonyl (C=O) groups excluding carboxylic acids is 3. The summed E-state index contributed by atoms with van der Waals surface area (Å²) in [6.07, 6.45) is -0.432. The fraction of sp³-hybridized carbons (Fsp3) is 0.357. The van der Waals surface area contributed by atoms with E-state index in [1.54, 1.807) is 0 Å². The van der Waals surface area contributed by atoms with Crippen molar-refractivity contribution in [3.63, 3.8) is 0 Å². The van der Waals surface area contributed by atoms with Gasteiger partial charge in [-0.3, -0.25) is 14.4 Å². The topological polar surface area (TPSA) is 121 Å². The van der Waals surface area contributed by atoms with Crippen LogP contribution in [-0.2, 0) is 25.7 Å². The highest BCUT2D eigenvalue weighted by molar-refractivity contribution is 5.98. The minimum Gasteiger partial charge on any atom is -0.460 e. The maximum atomic E-state index is 11.7. The summed E-state index contributed by atoms with van der Waals surface area (Å²) >= 11 is 0. The molecule has 1 heterocycles. The fourth-order valence-corrected chi connectivity index (χ4v) is 2.05. The summed E-state index contributed by atoms with van der Waals surface area (Å²) < 4.78 is 5.00. The Hall–Kier alpha value is -2.86. The summed E-state index contributed by atoms with van der Waals surface area (Å²) in [6, 6.07) is 7.69. The van der Waals surface area contributed by atoms with Gasteiger partial charge in [0, 0.05) is 11.3 Å². The number of nitrogens with zero attached hydrogens (tertiary/aromatic N) is 3. The zero-order valence-corrected chi connectivity index (χ0v) is 11.6. The predicted molar refractivity (Wildman–Crippen MR) is 75.3 cm³/mol. The first-order valence-electron chi connectivity index (χ1n) is 6.66. The van der Waals surface area contributed by atoms with Gasteiger partial charge < -0.3 is 10.1 Å². The van der Waals surface area contributed by atoms with Crippen molar-refractivity contribution in [2.45, 2.75) is 31.5 Å². The summed E-state index contributed by atoms with van der Waals surface area (Å²) in [6.45, 7) is 0.106. The minimum atomic E-state index is -0.880. The molecule has 2 rings (SSSR count). The Kier molecular flexibility index (Phi) is 5.11. The number of ketones is 1. The van der Waals surface area contributed by atoms with Gasteiger partial charge in [0.25, 0.3) is 0 Å². The van der Waals surface area contributed by atoms with Gasteiger partial charge in [-0.25, -0.2) is 0 Å². The van der Waals surface area contributed by atoms with Crippen molar-refractivity contribution in [2.75, 3.05) is 0 Å². The molecule has 1 aliphatic heterocycles. The van der Waals surface area contributed by atoms with Crippen LogP contribution in [0.2, 0.25) is 0 Å². The lowest BCUT2D eigenvalue weighted by atomic mass is 9.94. The molecule has 22 heavy (non-hydrogen) atoms. The molecule has 1 saturated heterocycles. The molecule has 1 aromatic carbocycles. The summed E-state index contributed by atoms with van der Waals surface area (Å²) in [5.74, 6) is -1.41. The van der Waals surface area contributed by atoms with Crippen LogP contribution in [0.3, 0.4) is 0 Å². The molecule has 2 unspecified atom stereocenters. The molecule has 8 heteroatoms. The molecule has 1 aliphatic rings. The molecule has 1 aromatic rings. The third kappa shape index (κ3) is 4.07. The molecule has 0 bridgehead atoms. The molecule has 1 N–H and O–H groups in total. The van der Waals surface area contributed by atoms with Crippen LogP contribution >= 0.6 is 0 Å². The van der Waals surface area contributed by atoms with Crippen molar-refractivity contribution < 1.29 is 19.1 Å². The number of Topliss-reactive ketones (excluding diaryl/α,β-unsaturated/α-hetero) is 1. The molecule has 1 fully saturated rings. The fourth-order valence-electron chi connectivity index (χ4n) is 2.05. The summed E-state index contributed by atoms with van der Waals surface area (Å²) in [5.41, 5.74) is 9.15. The maximum Gasteiger partial charge on any atom is 0.313 e. The van der Waals surface area contributed by atoms with Gasteiger partial charge in [0.2, 0.25) is 5.91 Å². The molecule has 8 nitrogen and oxygen atoms in total. The zero-order valence-electron chi connectivity index (χ0n) is 11.6. The number of benzene rings is 1. The van der Waals surface area contributed by atoms with Crippen LogP contribution in [0.5, 0.6) is 0 Å². The van der Waals surface area contributed by atoms with Gasteiger partial charge in [-0.05, 0) is 11.1 Å². The molecule has 0 aliphatic carbocycles. The van der Waals surface area contributed by atoms with Crippen molar-refractivity contribution in [3.8, 4) is 0 Å². The Morgan fingerprint density at radius 1 is 1.32 bits per heavy atom. The lowest BCUT2D eigenvalue weighted by molar-refractivity contribution is -0.147. The SMILES string of the molecule is [N-]=[N+]=NC1C(=O)NC1CC(=O)CC(=O)OCc1ccccc1. The summed E-state index contributed by atoms with van der Waals surface area (Å²) in [7, 11) is 0. The third-order valence-electron chi connectivity index (χ3n) is 3.19. The van der Waals surface area contributed by atoms with E-state index in [0.29, 0.717) is 0 Å². The predicted octanol–water partition coefficient (Wildman–Crippen LogP) is 1.26. The van der Waals surface area contributed by atoms with Gasteiger partial charge in [-0.15, -0.1) is 0 Å². The quantitative estimate of drug-likeness (QED) is 0.203. The highest BCUT2D eigenvalue weighted by atomic mass is 16.5. The molecular weight excluding hydrogens is 288 g/mol. The molecule has 0 aromatic heterocycles. The average molecular weight is 302 g/mol. The van der Waals surface area contributed by atoms with E-state index in [2.05, 4.69) is 15.3 Å². The van der Waals surface area contributed by atoms with Crippen LogP contribution in [0.4, 0.5) is 0 Å². The van der Waals surface area contributed by atoms with Gasteiger partial charge in [-0.1, -0.05) is 35.4 Å². The minimum absolute atomic E-state index is 0.0597. The second kappa shape index (κ2) is 7.24. The number of amides is 1. The number of esters is 1. The Morgan fingerprint density at radius 2 is 2.05 bits per heavy atom. The Balaban J connectivity index is 1.74. The monoisotopic (exact) mass is 302 g/mol. The highest BCUT2D eigenvalue weighted by Crippen LogP contribution is 2.15. The van der Waals surface area contributed by atoms with Crippen LogP contribution in [0.15, 0.2) is 35.4 Å². The molecule has 0 saturated carbocycles. The Bertz CT molecular complexity index is 623. The van der Waals surface area contributed by atoms with Crippen molar-refractivity contribution in [1.82, 2.24) is 5.32 Å². The van der Waals surface area contributed by atoms with Gasteiger partial charge >= 0.3 is 5.97 Å². The number of rotatable bonds is 7. The number of carbonyl (C=O) groups is 3. The van der Waals surface area contributed by atoms with E-state index in [1.165, 1.54) is 0 Å². The molecule has 1 amide bonds. The first-order chi connectivity index (χ1) is 10.6. The van der Waals surface area contributed by atoms with E-state index >= 15 is 0 Å². The van der Waals surface area contributed by atoms with Crippen molar-refractivity contribution in [1.29, 1.82) is 0 Å². The lowest BCUT2D eigenvalue weighted by Crippen LogP contribution is -2.61. The van der Waals surface area contributed by atoms with Crippen molar-refractivity contribution >= 4 is 17.7 Å². The summed E-state index contributed by atoms with van der Waals surface area (Å²) in [5, 5.41) is 5.76. The zero-order chi connectivity index (χ0) is 15.9. The number of azide groups is 1. The van der Waals surface area contributed by atoms with E-state index < -0.39 is 24.0 Å². The van der Waals surface area contributed by atoms with Crippen molar-refractivity contribution in [2.24, 2.45) is 5.11 Å². The second-order valence-electron chi connectivity index (χ2n) is 4.83. The number of hydrogen-bond acceptors (Lipinski definition) is 5. The van der Waals surface area contributed by atoms with Crippen LogP contribution in [0.1, 0.15) is 18.4 Å². The number of nitrogens with one attached hydrogen (secondary N) is 1. The number of hydrogen-bond donors (Lipinski definition) is 1. The lowest BCUT2D eigenvalue weighted by Gasteiger charge is -2.32. The van der Waals surface area contributed by atoms with Gasteiger partial charge in [0.15, 0.2) is 0 Å². The van der Waals surface area contributed by atoms with Crippen LogP contribution in [0, 0.1) is 0 Å². The smallest absolute Gasteiger partial charge is 0.313 e. The summed E-state index contributed by atoms with van der Waals surface area (Å²) in [4.78, 5) is 37.0. The standard InChI is InChI=1S/C14H14N4O4/c15-18-17-13-11(16-14(13)21)6-10(19)7-12(20)22-8-9-4-2-1-3-5-9/h1-5,11,13H,6-8H2,(H,16,21). The molecular formula is C14H14N4O4. The van der Waals surface area contributed by atoms with Gasteiger partial charge in [0.1, 0.15) is 24.9 Å². The van der Waals surface area contributed by atoms with E-state index in [4.69, 9.17) is 10.3 Å². The van der Waals surface area contributed by atoms with Crippen molar-refractivity contribution in [3.05, 3.63) is 46.3 Å². The van der Waals surface area contributed by atoms with E-state index in [-0.39, 0.29) is 25.2 Å². The third-order valence-corrected chi connectivity index (χ3v) is 3.19. The van der Waals surface area contributed by atoms with Crippen LogP contribution in [0.25, 0.3) is 10.4 Å². The molecule has 114 valence electrons. The van der Waals surface area contributed by atoms with E-state index in [0.717, 1.165) is 5.56 Å². The largest absolute Gasteiger partial charge is 0.460 e.